The second-order valence-corrected chi connectivity index (χ2v) is 5.84. The van der Waals surface area contributed by atoms with Crippen molar-refractivity contribution in [1.29, 1.82) is 0 Å². The van der Waals surface area contributed by atoms with E-state index in [-0.39, 0.29) is 24.0 Å². The summed E-state index contributed by atoms with van der Waals surface area (Å²) in [7, 11) is 0. The molecule has 0 radical (unpaired) electrons. The molecule has 1 aliphatic rings. The predicted molar refractivity (Wildman–Crippen MR) is 112 cm³/mol. The lowest BCUT2D eigenvalue weighted by Gasteiger charge is -2.26. The molecule has 1 heterocycles. The maximum Gasteiger partial charge on any atom is 0.188 e. The molecule has 0 unspecified atom stereocenters. The Hall–Kier alpha value is -0.900. The largest absolute Gasteiger partial charge is 0.379 e. The van der Waals surface area contributed by atoms with E-state index in [4.69, 9.17) is 15.2 Å². The first-order valence-electron chi connectivity index (χ1n) is 8.78. The fourth-order valence-electron chi connectivity index (χ4n) is 2.63. The summed E-state index contributed by atoms with van der Waals surface area (Å²) in [5.41, 5.74) is 8.29. The van der Waals surface area contributed by atoms with Crippen molar-refractivity contribution in [1.82, 2.24) is 10.2 Å². The number of benzene rings is 1. The van der Waals surface area contributed by atoms with Gasteiger partial charge in [0.1, 0.15) is 0 Å². The zero-order valence-electron chi connectivity index (χ0n) is 15.1. The third-order valence-corrected chi connectivity index (χ3v) is 4.06. The Morgan fingerprint density at radius 3 is 2.72 bits per heavy atom. The second-order valence-electron chi connectivity index (χ2n) is 5.84. The Bertz CT molecular complexity index is 508. The quantitative estimate of drug-likeness (QED) is 0.254. The van der Waals surface area contributed by atoms with Gasteiger partial charge in [0.25, 0.3) is 0 Å². The summed E-state index contributed by atoms with van der Waals surface area (Å²) in [5, 5.41) is 3.19. The smallest absolute Gasteiger partial charge is 0.188 e. The standard InChI is InChI=1S/C18H30N4O2.HI/c1-2-23-15-17-7-4-3-6-16(17)14-21-18(19)20-8-5-9-22-10-12-24-13-11-22;/h3-4,6-7H,2,5,8-15H2,1H3,(H3,19,20,21);1H. The van der Waals surface area contributed by atoms with E-state index in [1.165, 1.54) is 5.56 Å². The average Bonchev–Trinajstić information content (AvgIpc) is 2.63. The number of aliphatic imine (C=N–C) groups is 1. The lowest BCUT2D eigenvalue weighted by atomic mass is 10.1. The highest BCUT2D eigenvalue weighted by molar-refractivity contribution is 14.0. The van der Waals surface area contributed by atoms with Crippen molar-refractivity contribution in [3.05, 3.63) is 35.4 Å². The van der Waals surface area contributed by atoms with E-state index in [1.807, 2.05) is 19.1 Å². The van der Waals surface area contributed by atoms with Crippen molar-refractivity contribution >= 4 is 29.9 Å². The zero-order valence-corrected chi connectivity index (χ0v) is 17.4. The second kappa shape index (κ2) is 13.3. The summed E-state index contributed by atoms with van der Waals surface area (Å²) < 4.78 is 10.8. The minimum Gasteiger partial charge on any atom is -0.379 e. The van der Waals surface area contributed by atoms with E-state index in [0.29, 0.717) is 25.7 Å². The number of guanidine groups is 1. The summed E-state index contributed by atoms with van der Waals surface area (Å²) in [5.74, 6) is 0.503. The molecule has 3 N–H and O–H groups in total. The molecule has 142 valence electrons. The molecule has 1 aliphatic heterocycles. The molecule has 1 fully saturated rings. The van der Waals surface area contributed by atoms with Gasteiger partial charge in [0.2, 0.25) is 0 Å². The van der Waals surface area contributed by atoms with Gasteiger partial charge in [-0.25, -0.2) is 4.99 Å². The Labute approximate surface area is 168 Å². The van der Waals surface area contributed by atoms with Crippen LogP contribution in [0.25, 0.3) is 0 Å². The minimum atomic E-state index is 0. The first-order valence-corrected chi connectivity index (χ1v) is 8.78. The van der Waals surface area contributed by atoms with Gasteiger partial charge in [-0.1, -0.05) is 24.3 Å². The van der Waals surface area contributed by atoms with E-state index in [9.17, 15) is 0 Å². The molecule has 1 aromatic carbocycles. The molecule has 0 bridgehead atoms. The van der Waals surface area contributed by atoms with Gasteiger partial charge in [0, 0.05) is 26.2 Å². The number of morpholine rings is 1. The van der Waals surface area contributed by atoms with E-state index in [2.05, 4.69) is 27.3 Å². The van der Waals surface area contributed by atoms with E-state index in [0.717, 1.165) is 51.4 Å². The zero-order chi connectivity index (χ0) is 17.0. The van der Waals surface area contributed by atoms with Gasteiger partial charge in [0.05, 0.1) is 26.4 Å². The Morgan fingerprint density at radius 2 is 2.00 bits per heavy atom. The topological polar surface area (TPSA) is 72.1 Å². The van der Waals surface area contributed by atoms with Gasteiger partial charge in [-0.2, -0.15) is 0 Å². The summed E-state index contributed by atoms with van der Waals surface area (Å²) in [6, 6.07) is 8.19. The molecule has 25 heavy (non-hydrogen) atoms. The van der Waals surface area contributed by atoms with Crippen LogP contribution in [0.2, 0.25) is 0 Å². The van der Waals surface area contributed by atoms with Gasteiger partial charge in [-0.15, -0.1) is 24.0 Å². The Kier molecular flexibility index (Phi) is 11.8. The van der Waals surface area contributed by atoms with Crippen LogP contribution in [0.15, 0.2) is 29.3 Å². The summed E-state index contributed by atoms with van der Waals surface area (Å²) in [6.45, 7) is 9.56. The summed E-state index contributed by atoms with van der Waals surface area (Å²) in [6.07, 6.45) is 1.05. The molecule has 0 aromatic heterocycles. The van der Waals surface area contributed by atoms with Gasteiger partial charge in [0.15, 0.2) is 5.96 Å². The van der Waals surface area contributed by atoms with Crippen molar-refractivity contribution in [3.63, 3.8) is 0 Å². The molecule has 1 saturated heterocycles. The molecular weight excluding hydrogens is 431 g/mol. The van der Waals surface area contributed by atoms with E-state index >= 15 is 0 Å². The number of ether oxygens (including phenoxy) is 2. The maximum absolute atomic E-state index is 5.97. The van der Waals surface area contributed by atoms with Crippen molar-refractivity contribution < 1.29 is 9.47 Å². The molecule has 0 amide bonds. The average molecular weight is 462 g/mol. The summed E-state index contributed by atoms with van der Waals surface area (Å²) >= 11 is 0. The van der Waals surface area contributed by atoms with Crippen LogP contribution in [0, 0.1) is 0 Å². The molecular formula is C18H31IN4O2. The number of rotatable bonds is 9. The minimum absolute atomic E-state index is 0. The fraction of sp³-hybridized carbons (Fsp3) is 0.611. The van der Waals surface area contributed by atoms with Crippen LogP contribution in [0.3, 0.4) is 0 Å². The number of hydrogen-bond donors (Lipinski definition) is 2. The molecule has 0 saturated carbocycles. The van der Waals surface area contributed by atoms with Crippen LogP contribution in [0.4, 0.5) is 0 Å². The van der Waals surface area contributed by atoms with Crippen molar-refractivity contribution in [2.24, 2.45) is 10.7 Å². The van der Waals surface area contributed by atoms with Gasteiger partial charge in [-0.05, 0) is 31.0 Å². The molecule has 1 aromatic rings. The number of nitrogens with two attached hydrogens (primary N) is 1. The third kappa shape index (κ3) is 8.84. The van der Waals surface area contributed by atoms with Crippen LogP contribution in [0.5, 0.6) is 0 Å². The number of nitrogens with zero attached hydrogens (tertiary/aromatic N) is 2. The van der Waals surface area contributed by atoms with Crippen molar-refractivity contribution in [2.45, 2.75) is 26.5 Å². The summed E-state index contributed by atoms with van der Waals surface area (Å²) in [4.78, 5) is 6.86. The number of halogens is 1. The molecule has 7 heteroatoms. The molecule has 0 aliphatic carbocycles. The van der Waals surface area contributed by atoms with Gasteiger partial charge in [-0.3, -0.25) is 4.90 Å². The molecule has 2 rings (SSSR count). The van der Waals surface area contributed by atoms with Crippen LogP contribution < -0.4 is 11.1 Å². The van der Waals surface area contributed by atoms with Crippen LogP contribution >= 0.6 is 24.0 Å². The number of hydrogen-bond acceptors (Lipinski definition) is 4. The lowest BCUT2D eigenvalue weighted by molar-refractivity contribution is 0.0376. The van der Waals surface area contributed by atoms with E-state index in [1.54, 1.807) is 0 Å². The van der Waals surface area contributed by atoms with Crippen molar-refractivity contribution in [2.75, 3.05) is 46.0 Å². The Balaban J connectivity index is 0.00000312. The van der Waals surface area contributed by atoms with Gasteiger partial charge >= 0.3 is 0 Å². The van der Waals surface area contributed by atoms with Crippen molar-refractivity contribution in [3.8, 4) is 0 Å². The first kappa shape index (κ1) is 22.1. The van der Waals surface area contributed by atoms with E-state index < -0.39 is 0 Å². The first-order chi connectivity index (χ1) is 11.8. The highest BCUT2D eigenvalue weighted by atomic mass is 127. The van der Waals surface area contributed by atoms with Gasteiger partial charge < -0.3 is 20.5 Å². The normalized spacial score (nSPS) is 15.6. The molecule has 0 spiro atoms. The Morgan fingerprint density at radius 1 is 1.28 bits per heavy atom. The van der Waals surface area contributed by atoms with Crippen LogP contribution in [-0.2, 0) is 22.6 Å². The monoisotopic (exact) mass is 462 g/mol. The van der Waals surface area contributed by atoms with Crippen LogP contribution in [0.1, 0.15) is 24.5 Å². The predicted octanol–water partition coefficient (Wildman–Crippen LogP) is 1.97. The number of nitrogens with one attached hydrogen (secondary N) is 1. The highest BCUT2D eigenvalue weighted by Crippen LogP contribution is 2.11. The highest BCUT2D eigenvalue weighted by Gasteiger charge is 2.09. The maximum atomic E-state index is 5.97. The lowest BCUT2D eigenvalue weighted by Crippen LogP contribution is -2.39. The SMILES string of the molecule is CCOCc1ccccc1CN=C(N)NCCCN1CCOCC1.I. The van der Waals surface area contributed by atoms with Crippen LogP contribution in [-0.4, -0.2) is 56.9 Å². The third-order valence-electron chi connectivity index (χ3n) is 4.06. The fourth-order valence-corrected chi connectivity index (χ4v) is 2.63. The molecule has 6 nitrogen and oxygen atoms in total. The molecule has 0 atom stereocenters.